The van der Waals surface area contributed by atoms with Crippen LogP contribution in [0.5, 0.6) is 0 Å². The maximum atomic E-state index is 12.1. The number of rotatable bonds is 4. The molecule has 1 aromatic rings. The Labute approximate surface area is 145 Å². The van der Waals surface area contributed by atoms with Crippen molar-refractivity contribution in [3.63, 3.8) is 0 Å². The van der Waals surface area contributed by atoms with Crippen LogP contribution in [-0.2, 0) is 9.73 Å². The summed E-state index contributed by atoms with van der Waals surface area (Å²) in [7, 11) is -2.87. The first-order valence-corrected chi connectivity index (χ1v) is 9.56. The Morgan fingerprint density at radius 3 is 2.04 bits per heavy atom. The van der Waals surface area contributed by atoms with E-state index in [1.54, 1.807) is 0 Å². The van der Waals surface area contributed by atoms with E-state index in [0.717, 1.165) is 0 Å². The second-order valence-corrected chi connectivity index (χ2v) is 6.76. The second kappa shape index (κ2) is 15.0. The van der Waals surface area contributed by atoms with Crippen molar-refractivity contribution in [3.05, 3.63) is 29.8 Å². The maximum Gasteiger partial charge on any atom is 0.346 e. The van der Waals surface area contributed by atoms with Gasteiger partial charge in [-0.2, -0.15) is 0 Å². The molecular formula is C16H32FN3O3S. The van der Waals surface area contributed by atoms with Crippen molar-refractivity contribution in [3.8, 4) is 0 Å². The molecular weight excluding hydrogens is 333 g/mol. The van der Waals surface area contributed by atoms with Crippen molar-refractivity contribution in [1.82, 2.24) is 6.15 Å². The van der Waals surface area contributed by atoms with Crippen molar-refractivity contribution in [1.29, 1.82) is 0 Å². The standard InChI is InChI=1S/C11H15FN2O3S.C3H8.C2H6.H3N/c1-18(17,14-11(13)16)9-4-2-8(3-5-9)10(15)6-7-12;1-3-2;1-2;/h2-5,10,15H,6-7H2,1H3,(H2,13,16);3H2,1-2H3;1-2H3;1H3/t10-,18?;;;/m0.../s1. The zero-order valence-corrected chi connectivity index (χ0v) is 16.1. The highest BCUT2D eigenvalue weighted by Gasteiger charge is 2.11. The summed E-state index contributed by atoms with van der Waals surface area (Å²) in [5.41, 5.74) is 5.39. The van der Waals surface area contributed by atoms with Gasteiger partial charge in [-0.1, -0.05) is 46.2 Å². The third kappa shape index (κ3) is 11.1. The average Bonchev–Trinajstić information content (AvgIpc) is 2.49. The molecule has 1 aromatic carbocycles. The van der Waals surface area contributed by atoms with E-state index in [2.05, 4.69) is 18.2 Å². The molecule has 0 fully saturated rings. The normalized spacial score (nSPS) is 12.8. The molecule has 24 heavy (non-hydrogen) atoms. The maximum absolute atomic E-state index is 12.1. The van der Waals surface area contributed by atoms with Gasteiger partial charge in [-0.25, -0.2) is 9.00 Å². The van der Waals surface area contributed by atoms with Crippen molar-refractivity contribution in [2.24, 2.45) is 10.1 Å². The Bertz CT molecular complexity index is 556. The summed E-state index contributed by atoms with van der Waals surface area (Å²) in [6.07, 6.45) is 1.65. The van der Waals surface area contributed by atoms with Crippen molar-refractivity contribution in [2.75, 3.05) is 12.9 Å². The van der Waals surface area contributed by atoms with Crippen LogP contribution >= 0.6 is 0 Å². The molecule has 0 bridgehead atoms. The molecule has 8 heteroatoms. The number of hydrogen-bond acceptors (Lipinski definition) is 4. The Morgan fingerprint density at radius 2 is 1.71 bits per heavy atom. The van der Waals surface area contributed by atoms with Gasteiger partial charge in [-0.3, -0.25) is 4.39 Å². The van der Waals surface area contributed by atoms with Gasteiger partial charge in [0.1, 0.15) is 0 Å². The van der Waals surface area contributed by atoms with Crippen molar-refractivity contribution >= 4 is 15.8 Å². The van der Waals surface area contributed by atoms with E-state index in [4.69, 9.17) is 5.73 Å². The number of primary amides is 1. The number of halogens is 1. The number of carbonyl (C=O) groups is 1. The molecule has 1 unspecified atom stereocenters. The summed E-state index contributed by atoms with van der Waals surface area (Å²) in [6, 6.07) is 5.01. The number of alkyl halides is 1. The molecule has 0 aliphatic carbocycles. The second-order valence-electron chi connectivity index (χ2n) is 4.50. The molecule has 0 spiro atoms. The summed E-state index contributed by atoms with van der Waals surface area (Å²) in [5.74, 6) is 0. The van der Waals surface area contributed by atoms with Gasteiger partial charge < -0.3 is 17.0 Å². The van der Waals surface area contributed by atoms with Crippen LogP contribution in [0.3, 0.4) is 0 Å². The molecule has 0 saturated carbocycles. The quantitative estimate of drug-likeness (QED) is 0.738. The summed E-state index contributed by atoms with van der Waals surface area (Å²) in [6.45, 7) is 7.63. The van der Waals surface area contributed by atoms with Crippen LogP contribution in [0.2, 0.25) is 0 Å². The summed E-state index contributed by atoms with van der Waals surface area (Å²) in [5, 5.41) is 9.55. The third-order valence-electron chi connectivity index (χ3n) is 2.35. The zero-order chi connectivity index (χ0) is 18.5. The number of nitrogens with zero attached hydrogens (tertiary/aromatic N) is 1. The van der Waals surface area contributed by atoms with Crippen LogP contribution in [0.25, 0.3) is 0 Å². The predicted molar refractivity (Wildman–Crippen MR) is 98.7 cm³/mol. The Kier molecular flexibility index (Phi) is 17.1. The summed E-state index contributed by atoms with van der Waals surface area (Å²) >= 11 is 0. The van der Waals surface area contributed by atoms with Gasteiger partial charge in [-0.05, 0) is 17.7 Å². The van der Waals surface area contributed by atoms with E-state index in [1.165, 1.54) is 36.9 Å². The van der Waals surface area contributed by atoms with Gasteiger partial charge in [0.15, 0.2) is 0 Å². The van der Waals surface area contributed by atoms with Crippen LogP contribution < -0.4 is 11.9 Å². The lowest BCUT2D eigenvalue weighted by molar-refractivity contribution is 0.156. The molecule has 6 nitrogen and oxygen atoms in total. The number of nitrogens with two attached hydrogens (primary N) is 1. The SMILES string of the molecule is CC.CCC.CS(=O)(=NC(N)=O)c1ccc([C@@H](O)CCF)cc1.N. The van der Waals surface area contributed by atoms with Crippen LogP contribution in [0.1, 0.15) is 52.2 Å². The van der Waals surface area contributed by atoms with E-state index in [9.17, 15) is 18.5 Å². The van der Waals surface area contributed by atoms with Gasteiger partial charge in [0.2, 0.25) is 0 Å². The van der Waals surface area contributed by atoms with Gasteiger partial charge in [-0.15, -0.1) is 4.36 Å². The number of benzene rings is 1. The first-order chi connectivity index (χ1) is 10.8. The number of aliphatic hydroxyl groups is 1. The fourth-order valence-electron chi connectivity index (χ4n) is 1.44. The lowest BCUT2D eigenvalue weighted by atomic mass is 10.1. The molecule has 2 atom stereocenters. The molecule has 0 aliphatic heterocycles. The molecule has 1 rings (SSSR count). The minimum absolute atomic E-state index is 0. The lowest BCUT2D eigenvalue weighted by Crippen LogP contribution is -2.09. The van der Waals surface area contributed by atoms with Crippen molar-refractivity contribution in [2.45, 2.75) is 51.5 Å². The van der Waals surface area contributed by atoms with E-state index in [-0.39, 0.29) is 12.6 Å². The first kappa shape index (κ1) is 27.3. The summed E-state index contributed by atoms with van der Waals surface area (Å²) < 4.78 is 27.4. The lowest BCUT2D eigenvalue weighted by Gasteiger charge is -2.10. The molecule has 0 radical (unpaired) electrons. The molecule has 0 saturated heterocycles. The molecule has 0 aliphatic rings. The van der Waals surface area contributed by atoms with E-state index in [0.29, 0.717) is 10.5 Å². The molecule has 0 heterocycles. The van der Waals surface area contributed by atoms with Crippen LogP contribution in [0, 0.1) is 0 Å². The zero-order valence-electron chi connectivity index (χ0n) is 15.3. The molecule has 0 aromatic heterocycles. The highest BCUT2D eigenvalue weighted by atomic mass is 32.2. The van der Waals surface area contributed by atoms with Crippen LogP contribution in [-0.4, -0.2) is 28.3 Å². The molecule has 2 amide bonds. The van der Waals surface area contributed by atoms with Gasteiger partial charge in [0.25, 0.3) is 0 Å². The number of amides is 2. The van der Waals surface area contributed by atoms with E-state index in [1.807, 2.05) is 13.8 Å². The topological polar surface area (TPSA) is 128 Å². The Hall–Kier alpha value is -1.51. The number of hydrogen-bond donors (Lipinski definition) is 3. The fraction of sp³-hybridized carbons (Fsp3) is 0.562. The average molecular weight is 366 g/mol. The van der Waals surface area contributed by atoms with E-state index >= 15 is 0 Å². The predicted octanol–water partition coefficient (Wildman–Crippen LogP) is 4.22. The van der Waals surface area contributed by atoms with Crippen molar-refractivity contribution < 1.29 is 18.5 Å². The minimum atomic E-state index is -2.87. The Morgan fingerprint density at radius 1 is 1.29 bits per heavy atom. The largest absolute Gasteiger partial charge is 0.388 e. The van der Waals surface area contributed by atoms with E-state index < -0.39 is 28.5 Å². The van der Waals surface area contributed by atoms with Gasteiger partial charge >= 0.3 is 6.03 Å². The monoisotopic (exact) mass is 365 g/mol. The first-order valence-electron chi connectivity index (χ1n) is 7.64. The number of urea groups is 1. The molecule has 142 valence electrons. The highest BCUT2D eigenvalue weighted by Crippen LogP contribution is 2.19. The summed E-state index contributed by atoms with van der Waals surface area (Å²) in [4.78, 5) is 11.0. The van der Waals surface area contributed by atoms with Gasteiger partial charge in [0, 0.05) is 17.6 Å². The number of aliphatic hydroxyl groups excluding tert-OH is 1. The van der Waals surface area contributed by atoms with Crippen LogP contribution in [0.4, 0.5) is 9.18 Å². The smallest absolute Gasteiger partial charge is 0.346 e. The highest BCUT2D eigenvalue weighted by molar-refractivity contribution is 7.93. The Balaban J connectivity index is -0.000000660. The van der Waals surface area contributed by atoms with Gasteiger partial charge in [0.05, 0.1) is 22.5 Å². The minimum Gasteiger partial charge on any atom is -0.388 e. The molecule has 6 N–H and O–H groups in total. The fourth-order valence-corrected chi connectivity index (χ4v) is 2.53. The number of carbonyl (C=O) groups excluding carboxylic acids is 1. The van der Waals surface area contributed by atoms with Crippen LogP contribution in [0.15, 0.2) is 33.5 Å². The third-order valence-corrected chi connectivity index (χ3v) is 4.02.